The van der Waals surface area contributed by atoms with Gasteiger partial charge in [-0.25, -0.2) is 0 Å². The van der Waals surface area contributed by atoms with E-state index in [1.54, 1.807) is 0 Å². The highest BCUT2D eigenvalue weighted by atomic mass is 16.1. The Morgan fingerprint density at radius 2 is 2.27 bits per heavy atom. The lowest BCUT2D eigenvalue weighted by atomic mass is 10.1. The molecular weight excluding hydrogens is 276 g/mol. The summed E-state index contributed by atoms with van der Waals surface area (Å²) in [4.78, 5) is 12.1. The van der Waals surface area contributed by atoms with Crippen molar-refractivity contribution in [1.82, 2.24) is 20.1 Å². The molecule has 0 fully saturated rings. The zero-order chi connectivity index (χ0) is 15.5. The second kappa shape index (κ2) is 6.30. The van der Waals surface area contributed by atoms with Crippen molar-refractivity contribution in [3.05, 3.63) is 47.0 Å². The highest BCUT2D eigenvalue weighted by Crippen LogP contribution is 2.19. The number of rotatable bonds is 5. The summed E-state index contributed by atoms with van der Waals surface area (Å²) in [6.45, 7) is 5.00. The van der Waals surface area contributed by atoms with Gasteiger partial charge >= 0.3 is 0 Å². The third-order valence-electron chi connectivity index (χ3n) is 4.13. The number of hydrogen-bond acceptors (Lipinski definition) is 3. The summed E-state index contributed by atoms with van der Waals surface area (Å²) >= 11 is 0. The van der Waals surface area contributed by atoms with Crippen LogP contribution in [0.3, 0.4) is 0 Å². The first kappa shape index (κ1) is 14.8. The predicted octanol–water partition coefficient (Wildman–Crippen LogP) is 2.34. The van der Waals surface area contributed by atoms with Crippen LogP contribution in [-0.4, -0.2) is 20.7 Å². The molecule has 3 rings (SSSR count). The second-order valence-electron chi connectivity index (χ2n) is 6.01. The molecular formula is C17H22N4O. The van der Waals surface area contributed by atoms with E-state index in [2.05, 4.69) is 45.2 Å². The number of fused-ring (bicyclic) bond motifs is 1. The quantitative estimate of drug-likeness (QED) is 0.921. The number of hydrogen-bond donors (Lipinski definition) is 1. The Morgan fingerprint density at radius 3 is 3.09 bits per heavy atom. The van der Waals surface area contributed by atoms with Gasteiger partial charge in [0.15, 0.2) is 5.82 Å². The summed E-state index contributed by atoms with van der Waals surface area (Å²) in [7, 11) is 0. The molecule has 0 spiro atoms. The van der Waals surface area contributed by atoms with Crippen LogP contribution in [0.2, 0.25) is 0 Å². The average molecular weight is 298 g/mol. The smallest absolute Gasteiger partial charge is 0.220 e. The third-order valence-corrected chi connectivity index (χ3v) is 4.13. The van der Waals surface area contributed by atoms with Crippen LogP contribution in [0.4, 0.5) is 0 Å². The standard InChI is InChI=1S/C17H22N4O/c1-12-5-3-6-14(11-12)8-9-16(22)18-13(2)17-20-19-15-7-4-10-21(15)17/h3,5-6,11,13H,4,7-10H2,1-2H3,(H,18,22)/t13-/m1/s1. The van der Waals surface area contributed by atoms with Gasteiger partial charge in [-0.15, -0.1) is 10.2 Å². The van der Waals surface area contributed by atoms with E-state index in [0.29, 0.717) is 6.42 Å². The van der Waals surface area contributed by atoms with Gasteiger partial charge in [0.05, 0.1) is 6.04 Å². The monoisotopic (exact) mass is 298 g/mol. The van der Waals surface area contributed by atoms with Crippen LogP contribution < -0.4 is 5.32 Å². The van der Waals surface area contributed by atoms with Gasteiger partial charge in [-0.05, 0) is 32.3 Å². The summed E-state index contributed by atoms with van der Waals surface area (Å²) in [5.74, 6) is 1.97. The number of nitrogens with one attached hydrogen (secondary N) is 1. The maximum Gasteiger partial charge on any atom is 0.220 e. The first-order valence-corrected chi connectivity index (χ1v) is 7.90. The van der Waals surface area contributed by atoms with Crippen molar-refractivity contribution in [3.8, 4) is 0 Å². The molecule has 116 valence electrons. The first-order chi connectivity index (χ1) is 10.6. The van der Waals surface area contributed by atoms with Crippen molar-refractivity contribution >= 4 is 5.91 Å². The molecule has 1 aromatic carbocycles. The molecule has 5 nitrogen and oxygen atoms in total. The highest BCUT2D eigenvalue weighted by molar-refractivity contribution is 5.76. The number of carbonyl (C=O) groups excluding carboxylic acids is 1. The van der Waals surface area contributed by atoms with Gasteiger partial charge in [0.25, 0.3) is 0 Å². The lowest BCUT2D eigenvalue weighted by molar-refractivity contribution is -0.121. The Labute approximate surface area is 130 Å². The Kier molecular flexibility index (Phi) is 4.22. The molecule has 1 aliphatic heterocycles. The summed E-state index contributed by atoms with van der Waals surface area (Å²) in [5, 5.41) is 11.4. The van der Waals surface area contributed by atoms with E-state index in [0.717, 1.165) is 37.5 Å². The molecule has 1 amide bonds. The van der Waals surface area contributed by atoms with Crippen LogP contribution in [0, 0.1) is 6.92 Å². The number of aromatic nitrogens is 3. The highest BCUT2D eigenvalue weighted by Gasteiger charge is 2.22. The zero-order valence-corrected chi connectivity index (χ0v) is 13.2. The van der Waals surface area contributed by atoms with E-state index in [-0.39, 0.29) is 11.9 Å². The SMILES string of the molecule is Cc1cccc(CCC(=O)N[C@H](C)c2nnc3n2CCC3)c1. The molecule has 0 bridgehead atoms. The summed E-state index contributed by atoms with van der Waals surface area (Å²) in [6, 6.07) is 8.20. The minimum atomic E-state index is -0.0932. The largest absolute Gasteiger partial charge is 0.346 e. The molecule has 1 aromatic heterocycles. The maximum atomic E-state index is 12.1. The number of nitrogens with zero attached hydrogens (tertiary/aromatic N) is 3. The summed E-state index contributed by atoms with van der Waals surface area (Å²) < 4.78 is 2.13. The van der Waals surface area contributed by atoms with Crippen molar-refractivity contribution in [1.29, 1.82) is 0 Å². The van der Waals surface area contributed by atoms with Crippen LogP contribution in [0.5, 0.6) is 0 Å². The van der Waals surface area contributed by atoms with E-state index in [9.17, 15) is 4.79 Å². The van der Waals surface area contributed by atoms with Crippen LogP contribution in [0.1, 0.15) is 48.6 Å². The Bertz CT molecular complexity index is 677. The predicted molar refractivity (Wildman–Crippen MR) is 84.4 cm³/mol. The molecule has 1 aliphatic rings. The van der Waals surface area contributed by atoms with Crippen molar-refractivity contribution in [3.63, 3.8) is 0 Å². The van der Waals surface area contributed by atoms with Gasteiger partial charge in [-0.1, -0.05) is 29.8 Å². The molecule has 1 atom stereocenters. The van der Waals surface area contributed by atoms with Crippen molar-refractivity contribution in [2.45, 2.75) is 52.1 Å². The first-order valence-electron chi connectivity index (χ1n) is 7.90. The van der Waals surface area contributed by atoms with E-state index >= 15 is 0 Å². The van der Waals surface area contributed by atoms with Gasteiger partial charge < -0.3 is 9.88 Å². The molecule has 0 unspecified atom stereocenters. The minimum Gasteiger partial charge on any atom is -0.346 e. The lowest BCUT2D eigenvalue weighted by Gasteiger charge is -2.14. The van der Waals surface area contributed by atoms with Crippen molar-refractivity contribution < 1.29 is 4.79 Å². The normalized spacial score (nSPS) is 14.6. The zero-order valence-electron chi connectivity index (χ0n) is 13.2. The van der Waals surface area contributed by atoms with Gasteiger partial charge in [0.2, 0.25) is 5.91 Å². The summed E-state index contributed by atoms with van der Waals surface area (Å²) in [6.07, 6.45) is 3.36. The molecule has 0 aliphatic carbocycles. The van der Waals surface area contributed by atoms with E-state index < -0.39 is 0 Å². The minimum absolute atomic E-state index is 0.0596. The van der Waals surface area contributed by atoms with Crippen LogP contribution in [-0.2, 0) is 24.2 Å². The van der Waals surface area contributed by atoms with Gasteiger partial charge in [0.1, 0.15) is 5.82 Å². The molecule has 1 N–H and O–H groups in total. The second-order valence-corrected chi connectivity index (χ2v) is 6.01. The molecule has 2 aromatic rings. The van der Waals surface area contributed by atoms with E-state index in [4.69, 9.17) is 0 Å². The molecule has 0 radical (unpaired) electrons. The maximum absolute atomic E-state index is 12.1. The average Bonchev–Trinajstić information content (AvgIpc) is 3.07. The molecule has 2 heterocycles. The number of aryl methyl sites for hydroxylation is 3. The Morgan fingerprint density at radius 1 is 1.41 bits per heavy atom. The van der Waals surface area contributed by atoms with Gasteiger partial charge in [-0.2, -0.15) is 0 Å². The van der Waals surface area contributed by atoms with Crippen LogP contribution in [0.15, 0.2) is 24.3 Å². The third kappa shape index (κ3) is 3.18. The van der Waals surface area contributed by atoms with Crippen LogP contribution in [0.25, 0.3) is 0 Å². The summed E-state index contributed by atoms with van der Waals surface area (Å²) in [5.41, 5.74) is 2.43. The van der Waals surface area contributed by atoms with E-state index in [1.165, 1.54) is 11.1 Å². The van der Waals surface area contributed by atoms with E-state index in [1.807, 2.05) is 13.0 Å². The molecule has 5 heteroatoms. The van der Waals surface area contributed by atoms with Crippen molar-refractivity contribution in [2.75, 3.05) is 0 Å². The lowest BCUT2D eigenvalue weighted by Crippen LogP contribution is -2.28. The number of amides is 1. The Hall–Kier alpha value is -2.17. The number of benzene rings is 1. The fourth-order valence-corrected chi connectivity index (χ4v) is 3.00. The topological polar surface area (TPSA) is 59.8 Å². The number of carbonyl (C=O) groups is 1. The van der Waals surface area contributed by atoms with Gasteiger partial charge in [-0.3, -0.25) is 4.79 Å². The fraction of sp³-hybridized carbons (Fsp3) is 0.471. The molecule has 22 heavy (non-hydrogen) atoms. The van der Waals surface area contributed by atoms with Crippen molar-refractivity contribution in [2.24, 2.45) is 0 Å². The molecule has 0 saturated heterocycles. The van der Waals surface area contributed by atoms with Crippen LogP contribution >= 0.6 is 0 Å². The molecule has 0 saturated carbocycles. The Balaban J connectivity index is 1.55. The van der Waals surface area contributed by atoms with Gasteiger partial charge in [0, 0.05) is 19.4 Å². The fourth-order valence-electron chi connectivity index (χ4n) is 3.00.